The summed E-state index contributed by atoms with van der Waals surface area (Å²) in [6, 6.07) is 15.3. The maximum Gasteiger partial charge on any atom is 0.240 e. The minimum absolute atomic E-state index is 0.313. The highest BCUT2D eigenvalue weighted by molar-refractivity contribution is 7.89. The summed E-state index contributed by atoms with van der Waals surface area (Å²) in [7, 11) is -3.41. The van der Waals surface area contributed by atoms with Gasteiger partial charge < -0.3 is 5.32 Å². The van der Waals surface area contributed by atoms with Crippen LogP contribution in [0.1, 0.15) is 23.1 Å². The summed E-state index contributed by atoms with van der Waals surface area (Å²) in [6.45, 7) is 5.95. The Morgan fingerprint density at radius 2 is 1.58 bits per heavy atom. The molecule has 0 atom stereocenters. The molecule has 24 heavy (non-hydrogen) atoms. The second kappa shape index (κ2) is 8.97. The first kappa shape index (κ1) is 18.6. The summed E-state index contributed by atoms with van der Waals surface area (Å²) >= 11 is 0. The normalized spacial score (nSPS) is 11.6. The van der Waals surface area contributed by atoms with Crippen LogP contribution in [0, 0.1) is 13.8 Å². The van der Waals surface area contributed by atoms with Crippen LogP contribution in [0.5, 0.6) is 0 Å². The standard InChI is InChI=1S/C19H26N2O2S/c1-16-9-11-19(12-10-16)24(22,23)21-15-14-20-13-5-8-18-7-4-3-6-17(18)2/h3-4,6-7,9-12,20-21H,5,8,13-15H2,1-2H3. The van der Waals surface area contributed by atoms with Crippen molar-refractivity contribution in [2.75, 3.05) is 19.6 Å². The lowest BCUT2D eigenvalue weighted by atomic mass is 10.0. The van der Waals surface area contributed by atoms with Crippen LogP contribution in [0.2, 0.25) is 0 Å². The van der Waals surface area contributed by atoms with Gasteiger partial charge in [0.25, 0.3) is 0 Å². The monoisotopic (exact) mass is 346 g/mol. The van der Waals surface area contributed by atoms with Crippen molar-refractivity contribution < 1.29 is 8.42 Å². The Labute approximate surface area is 145 Å². The van der Waals surface area contributed by atoms with Gasteiger partial charge in [0.1, 0.15) is 0 Å². The number of nitrogens with one attached hydrogen (secondary N) is 2. The van der Waals surface area contributed by atoms with Crippen LogP contribution in [0.25, 0.3) is 0 Å². The molecule has 5 heteroatoms. The molecule has 0 unspecified atom stereocenters. The van der Waals surface area contributed by atoms with E-state index < -0.39 is 10.0 Å². The Bertz CT molecular complexity index is 740. The van der Waals surface area contributed by atoms with Crippen LogP contribution in [-0.2, 0) is 16.4 Å². The number of aryl methyl sites for hydroxylation is 3. The fourth-order valence-electron chi connectivity index (χ4n) is 2.49. The van der Waals surface area contributed by atoms with Gasteiger partial charge in [-0.25, -0.2) is 13.1 Å². The van der Waals surface area contributed by atoms with Crippen molar-refractivity contribution in [1.29, 1.82) is 0 Å². The Kier molecular flexibility index (Phi) is 6.97. The first-order chi connectivity index (χ1) is 11.5. The van der Waals surface area contributed by atoms with E-state index in [2.05, 4.69) is 41.2 Å². The summed E-state index contributed by atoms with van der Waals surface area (Å²) in [5, 5.41) is 3.28. The van der Waals surface area contributed by atoms with Crippen LogP contribution >= 0.6 is 0 Å². The predicted octanol–water partition coefficient (Wildman–Crippen LogP) is 2.80. The van der Waals surface area contributed by atoms with Crippen LogP contribution in [-0.4, -0.2) is 28.1 Å². The third kappa shape index (κ3) is 5.74. The van der Waals surface area contributed by atoms with Crippen molar-refractivity contribution in [3.63, 3.8) is 0 Å². The fraction of sp³-hybridized carbons (Fsp3) is 0.368. The molecule has 2 rings (SSSR count). The molecule has 0 aromatic heterocycles. The van der Waals surface area contributed by atoms with E-state index in [1.54, 1.807) is 24.3 Å². The highest BCUT2D eigenvalue weighted by Crippen LogP contribution is 2.10. The number of sulfonamides is 1. The van der Waals surface area contributed by atoms with Crippen LogP contribution in [0.4, 0.5) is 0 Å². The van der Waals surface area contributed by atoms with Gasteiger partial charge in [-0.2, -0.15) is 0 Å². The third-order valence-corrected chi connectivity index (χ3v) is 5.46. The number of rotatable bonds is 9. The molecular weight excluding hydrogens is 320 g/mol. The van der Waals surface area contributed by atoms with Crippen molar-refractivity contribution in [3.8, 4) is 0 Å². The Morgan fingerprint density at radius 1 is 0.875 bits per heavy atom. The zero-order chi connectivity index (χ0) is 17.4. The second-order valence-corrected chi connectivity index (χ2v) is 7.76. The van der Waals surface area contributed by atoms with Crippen molar-refractivity contribution in [3.05, 3.63) is 65.2 Å². The molecule has 0 amide bonds. The zero-order valence-electron chi connectivity index (χ0n) is 14.4. The molecule has 4 nitrogen and oxygen atoms in total. The maximum absolute atomic E-state index is 12.1. The summed E-state index contributed by atoms with van der Waals surface area (Å²) in [5.41, 5.74) is 3.74. The first-order valence-electron chi connectivity index (χ1n) is 8.30. The van der Waals surface area contributed by atoms with E-state index in [4.69, 9.17) is 0 Å². The summed E-state index contributed by atoms with van der Waals surface area (Å²) < 4.78 is 26.9. The molecule has 2 aromatic rings. The molecule has 0 heterocycles. The van der Waals surface area contributed by atoms with E-state index >= 15 is 0 Å². The van der Waals surface area contributed by atoms with Crippen molar-refractivity contribution in [2.45, 2.75) is 31.6 Å². The zero-order valence-corrected chi connectivity index (χ0v) is 15.2. The van der Waals surface area contributed by atoms with Gasteiger partial charge in [-0.05, 0) is 56.5 Å². The Hall–Kier alpha value is -1.69. The summed E-state index contributed by atoms with van der Waals surface area (Å²) in [5.74, 6) is 0. The second-order valence-electron chi connectivity index (χ2n) is 5.99. The fourth-order valence-corrected chi connectivity index (χ4v) is 3.53. The van der Waals surface area contributed by atoms with Crippen LogP contribution < -0.4 is 10.0 Å². The molecule has 0 aliphatic carbocycles. The smallest absolute Gasteiger partial charge is 0.240 e. The average molecular weight is 346 g/mol. The molecule has 2 aromatic carbocycles. The van der Waals surface area contributed by atoms with Gasteiger partial charge in [-0.1, -0.05) is 42.0 Å². The van der Waals surface area contributed by atoms with Gasteiger partial charge in [-0.3, -0.25) is 0 Å². The lowest BCUT2D eigenvalue weighted by Crippen LogP contribution is -2.32. The molecule has 0 aliphatic heterocycles. The molecule has 0 saturated carbocycles. The van der Waals surface area contributed by atoms with Gasteiger partial charge in [0.05, 0.1) is 4.90 Å². The van der Waals surface area contributed by atoms with E-state index in [0.29, 0.717) is 18.0 Å². The van der Waals surface area contributed by atoms with E-state index in [1.807, 2.05) is 6.92 Å². The molecule has 0 spiro atoms. The van der Waals surface area contributed by atoms with Crippen LogP contribution in [0.3, 0.4) is 0 Å². The highest BCUT2D eigenvalue weighted by Gasteiger charge is 2.12. The Balaban J connectivity index is 1.64. The molecule has 130 valence electrons. The van der Waals surface area contributed by atoms with Crippen LogP contribution in [0.15, 0.2) is 53.4 Å². The van der Waals surface area contributed by atoms with Crippen molar-refractivity contribution in [1.82, 2.24) is 10.0 Å². The van der Waals surface area contributed by atoms with Gasteiger partial charge in [0, 0.05) is 13.1 Å². The molecule has 0 bridgehead atoms. The first-order valence-corrected chi connectivity index (χ1v) is 9.79. The van der Waals surface area contributed by atoms with Crippen molar-refractivity contribution in [2.24, 2.45) is 0 Å². The minimum Gasteiger partial charge on any atom is -0.315 e. The SMILES string of the molecule is Cc1ccc(S(=O)(=O)NCCNCCCc2ccccc2C)cc1. The lowest BCUT2D eigenvalue weighted by molar-refractivity contribution is 0.574. The average Bonchev–Trinajstić information content (AvgIpc) is 2.56. The number of hydrogen-bond acceptors (Lipinski definition) is 3. The maximum atomic E-state index is 12.1. The molecular formula is C19H26N2O2S. The molecule has 2 N–H and O–H groups in total. The van der Waals surface area contributed by atoms with Gasteiger partial charge in [0.2, 0.25) is 10.0 Å². The highest BCUT2D eigenvalue weighted by atomic mass is 32.2. The molecule has 0 fully saturated rings. The molecule has 0 radical (unpaired) electrons. The van der Waals surface area contributed by atoms with Gasteiger partial charge in [-0.15, -0.1) is 0 Å². The van der Waals surface area contributed by atoms with Crippen molar-refractivity contribution >= 4 is 10.0 Å². The largest absolute Gasteiger partial charge is 0.315 e. The topological polar surface area (TPSA) is 58.2 Å². The van der Waals surface area contributed by atoms with E-state index in [-0.39, 0.29) is 0 Å². The van der Waals surface area contributed by atoms with Gasteiger partial charge in [0.15, 0.2) is 0 Å². The van der Waals surface area contributed by atoms with Gasteiger partial charge >= 0.3 is 0 Å². The predicted molar refractivity (Wildman–Crippen MR) is 98.7 cm³/mol. The minimum atomic E-state index is -3.41. The van der Waals surface area contributed by atoms with E-state index in [1.165, 1.54) is 11.1 Å². The van der Waals surface area contributed by atoms with E-state index in [9.17, 15) is 8.42 Å². The summed E-state index contributed by atoms with van der Waals surface area (Å²) in [4.78, 5) is 0.313. The van der Waals surface area contributed by atoms with E-state index in [0.717, 1.165) is 24.9 Å². The molecule has 0 saturated heterocycles. The number of hydrogen-bond donors (Lipinski definition) is 2. The third-order valence-electron chi connectivity index (χ3n) is 3.99. The number of benzene rings is 2. The quantitative estimate of drug-likeness (QED) is 0.687. The lowest BCUT2D eigenvalue weighted by Gasteiger charge is -2.09. The Morgan fingerprint density at radius 3 is 2.29 bits per heavy atom. The summed E-state index contributed by atoms with van der Waals surface area (Å²) in [6.07, 6.45) is 2.07. The molecule has 0 aliphatic rings.